The van der Waals surface area contributed by atoms with Crippen molar-refractivity contribution in [3.63, 3.8) is 0 Å². The fourth-order valence-electron chi connectivity index (χ4n) is 2.12. The van der Waals surface area contributed by atoms with Gasteiger partial charge in [-0.1, -0.05) is 13.8 Å². The number of hydrogen-bond donors (Lipinski definition) is 0. The summed E-state index contributed by atoms with van der Waals surface area (Å²) in [5, 5.41) is 12.6. The Bertz CT molecular complexity index is 914. The van der Waals surface area contributed by atoms with Crippen LogP contribution in [-0.2, 0) is 28.6 Å². The van der Waals surface area contributed by atoms with Gasteiger partial charge in [0.15, 0.2) is 11.8 Å². The normalized spacial score (nSPS) is 14.1. The molecule has 0 radical (unpaired) electrons. The lowest BCUT2D eigenvalue weighted by Crippen LogP contribution is -2.39. The smallest absolute Gasteiger partial charge is 0.297 e. The molecule has 0 N–H and O–H groups in total. The van der Waals surface area contributed by atoms with E-state index in [0.29, 0.717) is 4.74 Å². The van der Waals surface area contributed by atoms with Crippen LogP contribution < -0.4 is 0 Å². The lowest BCUT2D eigenvalue weighted by molar-refractivity contribution is -0.545. The van der Waals surface area contributed by atoms with Crippen molar-refractivity contribution in [2.45, 2.75) is 49.9 Å². The van der Waals surface area contributed by atoms with Gasteiger partial charge >= 0.3 is 0 Å². The molecule has 0 saturated carbocycles. The Labute approximate surface area is 155 Å². The highest BCUT2D eigenvalue weighted by atomic mass is 32.2. The first-order chi connectivity index (χ1) is 11.7. The number of nitrogens with zero attached hydrogens (tertiary/aromatic N) is 1. The van der Waals surface area contributed by atoms with Crippen LogP contribution in [0.1, 0.15) is 38.8 Å². The van der Waals surface area contributed by atoms with Crippen molar-refractivity contribution in [3.05, 3.63) is 28.5 Å². The molecule has 0 aromatic heterocycles. The number of rotatable bonds is 7. The monoisotopic (exact) mass is 407 g/mol. The molecule has 0 heterocycles. The average Bonchev–Trinajstić information content (AvgIpc) is 2.54. The highest BCUT2D eigenvalue weighted by Gasteiger charge is 2.33. The van der Waals surface area contributed by atoms with Gasteiger partial charge in [-0.3, -0.25) is 8.37 Å². The molecule has 148 valence electrons. The van der Waals surface area contributed by atoms with Gasteiger partial charge in [-0.05, 0) is 24.6 Å². The second-order valence-corrected chi connectivity index (χ2v) is 9.94. The predicted octanol–water partition coefficient (Wildman–Crippen LogP) is 2.03. The van der Waals surface area contributed by atoms with Gasteiger partial charge in [-0.15, -0.1) is 0 Å². The second-order valence-electron chi connectivity index (χ2n) is 6.61. The largest absolute Gasteiger partial charge is 0.623 e. The molecule has 1 aromatic carbocycles. The topological polar surface area (TPSA) is 113 Å². The Morgan fingerprint density at radius 1 is 1.08 bits per heavy atom. The predicted molar refractivity (Wildman–Crippen MR) is 97.3 cm³/mol. The molecule has 0 aliphatic carbocycles. The van der Waals surface area contributed by atoms with Crippen LogP contribution in [0.15, 0.2) is 21.9 Å². The summed E-state index contributed by atoms with van der Waals surface area (Å²) in [4.78, 5) is -0.702. The molecule has 0 unspecified atom stereocenters. The van der Waals surface area contributed by atoms with Crippen LogP contribution in [-0.4, -0.2) is 47.5 Å². The van der Waals surface area contributed by atoms with E-state index < -0.39 is 30.7 Å². The van der Waals surface area contributed by atoms with Crippen LogP contribution in [0.3, 0.4) is 0 Å². The van der Waals surface area contributed by atoms with Gasteiger partial charge in [0.05, 0.1) is 24.7 Å². The van der Waals surface area contributed by atoms with E-state index in [9.17, 15) is 22.0 Å². The van der Waals surface area contributed by atoms with Crippen molar-refractivity contribution in [2.75, 3.05) is 14.2 Å². The number of hydrogen-bond acceptors (Lipinski definition) is 7. The zero-order valence-corrected chi connectivity index (χ0v) is 17.6. The second kappa shape index (κ2) is 7.63. The number of benzene rings is 1. The first-order valence-electron chi connectivity index (χ1n) is 7.78. The van der Waals surface area contributed by atoms with Gasteiger partial charge < -0.3 is 5.21 Å². The average molecular weight is 408 g/mol. The molecule has 0 aliphatic rings. The van der Waals surface area contributed by atoms with E-state index in [-0.39, 0.29) is 21.9 Å². The van der Waals surface area contributed by atoms with Crippen LogP contribution in [0.25, 0.3) is 0 Å². The summed E-state index contributed by atoms with van der Waals surface area (Å²) in [6.07, 6.45) is 1.13. The molecule has 26 heavy (non-hydrogen) atoms. The Morgan fingerprint density at radius 2 is 1.58 bits per heavy atom. The minimum atomic E-state index is -4.28. The van der Waals surface area contributed by atoms with E-state index in [0.717, 1.165) is 20.4 Å². The molecule has 0 saturated heterocycles. The first-order valence-corrected chi connectivity index (χ1v) is 10.6. The highest BCUT2D eigenvalue weighted by molar-refractivity contribution is 7.87. The van der Waals surface area contributed by atoms with Crippen LogP contribution in [0, 0.1) is 18.0 Å². The minimum absolute atomic E-state index is 0.0204. The van der Waals surface area contributed by atoms with Gasteiger partial charge in [0.25, 0.3) is 20.2 Å². The minimum Gasteiger partial charge on any atom is -0.623 e. The quantitative estimate of drug-likeness (QED) is 0.223. The lowest BCUT2D eigenvalue weighted by Gasteiger charge is -2.28. The summed E-state index contributed by atoms with van der Waals surface area (Å²) in [6, 6.07) is 2.44. The Kier molecular flexibility index (Phi) is 6.62. The molecule has 0 aliphatic heterocycles. The van der Waals surface area contributed by atoms with E-state index in [4.69, 9.17) is 0 Å². The molecule has 0 spiro atoms. The zero-order chi connectivity index (χ0) is 20.5. The molecule has 10 heteroatoms. The number of hydroxylamine groups is 1. The first kappa shape index (κ1) is 22.6. The third-order valence-electron chi connectivity index (χ3n) is 4.58. The van der Waals surface area contributed by atoms with E-state index in [1.165, 1.54) is 19.1 Å². The third-order valence-corrected chi connectivity index (χ3v) is 7.48. The van der Waals surface area contributed by atoms with Crippen molar-refractivity contribution >= 4 is 26.5 Å². The molecule has 0 fully saturated rings. The van der Waals surface area contributed by atoms with Gasteiger partial charge in [-0.25, -0.2) is 4.74 Å². The summed E-state index contributed by atoms with van der Waals surface area (Å²) in [5.74, 6) is -0.0204. The zero-order valence-electron chi connectivity index (χ0n) is 15.9. The summed E-state index contributed by atoms with van der Waals surface area (Å²) >= 11 is 0. The Balaban J connectivity index is 3.85. The Hall–Kier alpha value is -1.49. The van der Waals surface area contributed by atoms with Crippen molar-refractivity contribution in [3.8, 4) is 0 Å². The molecule has 8 nitrogen and oxygen atoms in total. The van der Waals surface area contributed by atoms with E-state index in [1.807, 2.05) is 13.8 Å². The molecule has 0 amide bonds. The highest BCUT2D eigenvalue weighted by Crippen LogP contribution is 2.29. The molecule has 0 bridgehead atoms. The van der Waals surface area contributed by atoms with E-state index in [2.05, 4.69) is 8.37 Å². The fourth-order valence-corrected chi connectivity index (χ4v) is 4.14. The van der Waals surface area contributed by atoms with Crippen LogP contribution in [0.5, 0.6) is 0 Å². The van der Waals surface area contributed by atoms with Crippen molar-refractivity contribution < 1.29 is 29.9 Å². The van der Waals surface area contributed by atoms with Crippen LogP contribution in [0.4, 0.5) is 0 Å². The maximum atomic E-state index is 12.6. The fraction of sp³-hybridized carbons (Fsp3) is 0.562. The van der Waals surface area contributed by atoms with Gasteiger partial charge in [0.1, 0.15) is 4.90 Å². The third kappa shape index (κ3) is 4.25. The molecule has 1 rings (SSSR count). The molecular weight excluding hydrogens is 382 g/mol. The maximum absolute atomic E-state index is 12.6. The summed E-state index contributed by atoms with van der Waals surface area (Å²) in [6.45, 7) is 8.50. The summed E-state index contributed by atoms with van der Waals surface area (Å²) in [7, 11) is -6.47. The van der Waals surface area contributed by atoms with Crippen LogP contribution >= 0.6 is 0 Å². The van der Waals surface area contributed by atoms with Gasteiger partial charge in [-0.2, -0.15) is 16.8 Å². The lowest BCUT2D eigenvalue weighted by atomic mass is 9.91. The maximum Gasteiger partial charge on any atom is 0.297 e. The SMILES string of the molecule is COS(=O)(=O)c1ccc(/C=[N+](\[O-])C(C)(C)C(C)C)c(S(=O)(=O)OC)c1C. The van der Waals surface area contributed by atoms with E-state index >= 15 is 0 Å². The summed E-state index contributed by atoms with van der Waals surface area (Å²) in [5.41, 5.74) is -0.861. The van der Waals surface area contributed by atoms with Crippen molar-refractivity contribution in [2.24, 2.45) is 5.92 Å². The van der Waals surface area contributed by atoms with Crippen molar-refractivity contribution in [1.82, 2.24) is 0 Å². The van der Waals surface area contributed by atoms with Crippen molar-refractivity contribution in [1.29, 1.82) is 0 Å². The van der Waals surface area contributed by atoms with E-state index in [1.54, 1.807) is 13.8 Å². The van der Waals surface area contributed by atoms with Gasteiger partial charge in [0.2, 0.25) is 0 Å². The summed E-state index contributed by atoms with van der Waals surface area (Å²) < 4.78 is 58.5. The van der Waals surface area contributed by atoms with Gasteiger partial charge in [0, 0.05) is 19.8 Å². The Morgan fingerprint density at radius 3 is 2.00 bits per heavy atom. The molecule has 1 aromatic rings. The molecular formula is C16H25NO7S2. The standard InChI is InChI=1S/C16H25NO7S2/c1-11(2)16(4,5)17(18)10-13-8-9-14(25(19,20)23-6)12(3)15(13)26(21,22)24-7/h8-11H,1-7H3/b17-10-. The molecule has 0 atom stereocenters. The van der Waals surface area contributed by atoms with Crippen LogP contribution in [0.2, 0.25) is 0 Å².